The number of amides is 1. The monoisotopic (exact) mass is 516 g/mol. The van der Waals surface area contributed by atoms with Gasteiger partial charge < -0.3 is 10.6 Å². The zero-order chi connectivity index (χ0) is 25.5. The summed E-state index contributed by atoms with van der Waals surface area (Å²) in [5.41, 5.74) is 11.0. The molecule has 4 aromatic heterocycles. The first-order chi connectivity index (χ1) is 18.0. The lowest BCUT2D eigenvalue weighted by Crippen LogP contribution is -2.47. The zero-order valence-corrected chi connectivity index (χ0v) is 22.1. The van der Waals surface area contributed by atoms with Gasteiger partial charge in [-0.2, -0.15) is 10.2 Å². The van der Waals surface area contributed by atoms with Crippen LogP contribution < -0.4 is 5.73 Å². The molecule has 10 heteroatoms. The van der Waals surface area contributed by atoms with Crippen LogP contribution in [0.3, 0.4) is 0 Å². The molecule has 0 aliphatic carbocycles. The van der Waals surface area contributed by atoms with Crippen LogP contribution in [0.15, 0.2) is 59.0 Å². The third-order valence-corrected chi connectivity index (χ3v) is 8.72. The molecule has 4 aromatic rings. The van der Waals surface area contributed by atoms with Gasteiger partial charge in [-0.05, 0) is 64.4 Å². The molecule has 0 saturated carbocycles. The number of pyridine rings is 2. The van der Waals surface area contributed by atoms with Crippen LogP contribution in [0.1, 0.15) is 37.4 Å². The van der Waals surface area contributed by atoms with Gasteiger partial charge in [0.15, 0.2) is 0 Å². The first-order valence-corrected chi connectivity index (χ1v) is 13.7. The van der Waals surface area contributed by atoms with Gasteiger partial charge in [-0.15, -0.1) is 0 Å². The van der Waals surface area contributed by atoms with E-state index in [4.69, 9.17) is 10.8 Å². The molecule has 2 fully saturated rings. The highest BCUT2D eigenvalue weighted by Gasteiger charge is 2.34. The fourth-order valence-electron chi connectivity index (χ4n) is 5.69. The number of aromatic nitrogens is 5. The zero-order valence-electron chi connectivity index (χ0n) is 21.2. The van der Waals surface area contributed by atoms with Crippen LogP contribution >= 0.6 is 11.8 Å². The van der Waals surface area contributed by atoms with Crippen LogP contribution in [0.4, 0.5) is 5.69 Å². The minimum atomic E-state index is 0.0546. The first kappa shape index (κ1) is 24.0. The number of nitrogens with two attached hydrogens (primary N) is 1. The van der Waals surface area contributed by atoms with Gasteiger partial charge in [-0.1, -0.05) is 17.8 Å². The molecule has 2 aliphatic rings. The first-order valence-electron chi connectivity index (χ1n) is 12.9. The predicted molar refractivity (Wildman–Crippen MR) is 144 cm³/mol. The van der Waals surface area contributed by atoms with Crippen molar-refractivity contribution in [2.75, 3.05) is 32.4 Å². The molecule has 192 valence electrons. The van der Waals surface area contributed by atoms with E-state index in [1.54, 1.807) is 24.2 Å². The van der Waals surface area contributed by atoms with Crippen LogP contribution in [0.25, 0.3) is 16.6 Å². The summed E-state index contributed by atoms with van der Waals surface area (Å²) >= 11 is 1.58. The Morgan fingerprint density at radius 3 is 2.68 bits per heavy atom. The summed E-state index contributed by atoms with van der Waals surface area (Å²) in [6, 6.07) is 8.37. The maximum Gasteiger partial charge on any atom is 0.239 e. The molecule has 1 amide bonds. The number of fused-ring (bicyclic) bond motifs is 1. The fraction of sp³-hybridized carbons (Fsp3) is 0.407. The van der Waals surface area contributed by atoms with Gasteiger partial charge in [0.25, 0.3) is 0 Å². The summed E-state index contributed by atoms with van der Waals surface area (Å²) in [7, 11) is 2.06. The second-order valence-corrected chi connectivity index (χ2v) is 11.1. The lowest BCUT2D eigenvalue weighted by atomic mass is 10.0. The molecule has 2 saturated heterocycles. The number of likely N-dealkylation sites (tertiary alicyclic amines) is 2. The third kappa shape index (κ3) is 4.48. The smallest absolute Gasteiger partial charge is 0.239 e. The van der Waals surface area contributed by atoms with Crippen molar-refractivity contribution in [2.45, 2.75) is 54.6 Å². The number of nitrogens with zero attached hydrogens (tertiary/aromatic N) is 7. The Kier molecular flexibility index (Phi) is 6.37. The fourth-order valence-corrected chi connectivity index (χ4v) is 6.67. The van der Waals surface area contributed by atoms with Crippen LogP contribution in [-0.2, 0) is 4.79 Å². The van der Waals surface area contributed by atoms with Gasteiger partial charge in [-0.3, -0.25) is 14.4 Å². The summed E-state index contributed by atoms with van der Waals surface area (Å²) in [5, 5.41) is 10.2. The van der Waals surface area contributed by atoms with Gasteiger partial charge in [-0.25, -0.2) is 9.50 Å². The maximum atomic E-state index is 13.0. The number of carbonyl (C=O) groups is 1. The Bertz CT molecular complexity index is 1420. The topological polar surface area (TPSA) is 97.6 Å². The van der Waals surface area contributed by atoms with Crippen LogP contribution in [-0.4, -0.2) is 72.8 Å². The molecule has 2 aliphatic heterocycles. The minimum absolute atomic E-state index is 0.0546. The summed E-state index contributed by atoms with van der Waals surface area (Å²) < 4.78 is 3.99. The largest absolute Gasteiger partial charge is 0.396 e. The van der Waals surface area contributed by atoms with E-state index in [0.717, 1.165) is 77.6 Å². The number of piperidine rings is 1. The Labute approximate surface area is 220 Å². The summed E-state index contributed by atoms with van der Waals surface area (Å²) in [6.45, 7) is 4.71. The maximum absolute atomic E-state index is 13.0. The summed E-state index contributed by atoms with van der Waals surface area (Å²) in [4.78, 5) is 22.7. The van der Waals surface area contributed by atoms with E-state index in [9.17, 15) is 4.79 Å². The molecule has 9 nitrogen and oxygen atoms in total. The lowest BCUT2D eigenvalue weighted by Gasteiger charge is -2.35. The molecule has 0 unspecified atom stereocenters. The third-order valence-electron chi connectivity index (χ3n) is 7.74. The van der Waals surface area contributed by atoms with Gasteiger partial charge in [0, 0.05) is 47.2 Å². The number of hydrogen-bond donors (Lipinski definition) is 1. The van der Waals surface area contributed by atoms with Crippen molar-refractivity contribution in [1.82, 2.24) is 34.2 Å². The highest BCUT2D eigenvalue weighted by atomic mass is 32.2. The quantitative estimate of drug-likeness (QED) is 0.430. The molecule has 1 atom stereocenters. The molecule has 0 radical (unpaired) electrons. The number of hydrogen-bond acceptors (Lipinski definition) is 7. The van der Waals surface area contributed by atoms with Crippen molar-refractivity contribution >= 4 is 28.9 Å². The SMILES string of the molecule is Cc1c(-c2cc(Sc3ccccn3)c3c(N)cnn3c2)cnn1C1CCN(C(=O)[C@@H]2CCCN2C)CC1. The average molecular weight is 517 g/mol. The average Bonchev–Trinajstić information content (AvgIpc) is 3.62. The van der Waals surface area contributed by atoms with E-state index in [1.807, 2.05) is 35.1 Å². The van der Waals surface area contributed by atoms with E-state index in [1.165, 1.54) is 0 Å². The molecule has 0 aromatic carbocycles. The van der Waals surface area contributed by atoms with E-state index >= 15 is 0 Å². The molecule has 6 heterocycles. The van der Waals surface area contributed by atoms with Gasteiger partial charge in [0.1, 0.15) is 10.5 Å². The Hall–Kier alpha value is -3.37. The van der Waals surface area contributed by atoms with Crippen molar-refractivity contribution in [3.8, 4) is 11.1 Å². The van der Waals surface area contributed by atoms with Crippen LogP contribution in [0.2, 0.25) is 0 Å². The number of likely N-dealkylation sites (N-methyl/N-ethyl adjacent to an activating group) is 1. The molecule has 6 rings (SSSR count). The van der Waals surface area contributed by atoms with Gasteiger partial charge in [0.05, 0.1) is 30.2 Å². The highest BCUT2D eigenvalue weighted by Crippen LogP contribution is 2.37. The molecule has 0 spiro atoms. The molecular formula is C27H32N8OS. The Balaban J connectivity index is 1.24. The number of carbonyl (C=O) groups excluding carboxylic acids is 1. The summed E-state index contributed by atoms with van der Waals surface area (Å²) in [6.07, 6.45) is 11.4. The Morgan fingerprint density at radius 2 is 1.95 bits per heavy atom. The summed E-state index contributed by atoms with van der Waals surface area (Å²) in [5.74, 6) is 0.293. The van der Waals surface area contributed by atoms with E-state index in [-0.39, 0.29) is 12.1 Å². The van der Waals surface area contributed by atoms with Gasteiger partial charge in [0.2, 0.25) is 5.91 Å². The van der Waals surface area contributed by atoms with E-state index < -0.39 is 0 Å². The number of rotatable bonds is 5. The highest BCUT2D eigenvalue weighted by molar-refractivity contribution is 7.99. The van der Waals surface area contributed by atoms with Crippen molar-refractivity contribution in [2.24, 2.45) is 0 Å². The number of nitrogen functional groups attached to an aromatic ring is 1. The van der Waals surface area contributed by atoms with Crippen molar-refractivity contribution < 1.29 is 4.79 Å². The van der Waals surface area contributed by atoms with Crippen molar-refractivity contribution in [3.05, 3.63) is 54.7 Å². The van der Waals surface area contributed by atoms with E-state index in [0.29, 0.717) is 11.6 Å². The van der Waals surface area contributed by atoms with Crippen molar-refractivity contribution in [1.29, 1.82) is 0 Å². The molecule has 2 N–H and O–H groups in total. The van der Waals surface area contributed by atoms with Crippen LogP contribution in [0, 0.1) is 6.92 Å². The second-order valence-electron chi connectivity index (χ2n) is 10.0. The second kappa shape index (κ2) is 9.83. The number of anilines is 1. The minimum Gasteiger partial charge on any atom is -0.396 e. The molecule has 0 bridgehead atoms. The predicted octanol–water partition coefficient (Wildman–Crippen LogP) is 3.89. The normalized spacial score (nSPS) is 19.2. The van der Waals surface area contributed by atoms with Gasteiger partial charge >= 0.3 is 0 Å². The lowest BCUT2D eigenvalue weighted by molar-refractivity contribution is -0.136. The molecule has 37 heavy (non-hydrogen) atoms. The molecular weight excluding hydrogens is 484 g/mol. The van der Waals surface area contributed by atoms with E-state index in [2.05, 4.69) is 44.6 Å². The van der Waals surface area contributed by atoms with Crippen LogP contribution in [0.5, 0.6) is 0 Å². The van der Waals surface area contributed by atoms with Crippen molar-refractivity contribution in [3.63, 3.8) is 0 Å². The standard InChI is InChI=1S/C27H32N8OS/c1-18-21(15-31-35(18)20-8-12-33(13-9-20)27(36)23-6-5-11-32(23)2)19-14-24(37-25-7-3-4-10-29-25)26-22(28)16-30-34(26)17-19/h3-4,7,10,14-17,20,23H,5-6,8-9,11-13,28H2,1-2H3/t23-/m0/s1. The Morgan fingerprint density at radius 1 is 1.11 bits per heavy atom.